The number of rotatable bonds is 9. The topological polar surface area (TPSA) is 54.5 Å². The largest absolute Gasteiger partial charge is 0.497 e. The summed E-state index contributed by atoms with van der Waals surface area (Å²) in [6.45, 7) is 2.67. The van der Waals surface area contributed by atoms with E-state index in [-0.39, 0.29) is 18.4 Å². The van der Waals surface area contributed by atoms with Crippen LogP contribution in [-0.4, -0.2) is 43.5 Å². The van der Waals surface area contributed by atoms with Crippen LogP contribution >= 0.6 is 11.3 Å². The molecule has 6 heteroatoms. The van der Waals surface area contributed by atoms with Gasteiger partial charge in [-0.3, -0.25) is 4.79 Å². The van der Waals surface area contributed by atoms with Gasteiger partial charge in [-0.2, -0.15) is 0 Å². The van der Waals surface area contributed by atoms with Crippen LogP contribution in [0.3, 0.4) is 0 Å². The van der Waals surface area contributed by atoms with Crippen molar-refractivity contribution in [2.24, 2.45) is 0 Å². The maximum absolute atomic E-state index is 12.5. The van der Waals surface area contributed by atoms with Gasteiger partial charge in [0, 0.05) is 17.5 Å². The van der Waals surface area contributed by atoms with Crippen molar-refractivity contribution in [3.05, 3.63) is 70.7 Å². The Morgan fingerprint density at radius 2 is 1.97 bits per heavy atom. The number of nitrogens with one attached hydrogen (secondary N) is 1. The van der Waals surface area contributed by atoms with Crippen LogP contribution in [0, 0.1) is 0 Å². The molecule has 0 spiro atoms. The summed E-state index contributed by atoms with van der Waals surface area (Å²) in [5.41, 5.74) is 4.30. The Hall–Kier alpha value is -2.70. The van der Waals surface area contributed by atoms with Gasteiger partial charge in [-0.25, -0.2) is 4.98 Å². The Labute approximate surface area is 182 Å². The average molecular weight is 424 g/mol. The first-order valence-electron chi connectivity index (χ1n) is 10.1. The van der Waals surface area contributed by atoms with Crippen LogP contribution in [0.1, 0.15) is 29.8 Å². The highest BCUT2D eigenvalue weighted by molar-refractivity contribution is 7.13. The van der Waals surface area contributed by atoms with Gasteiger partial charge >= 0.3 is 0 Å². The first-order valence-corrected chi connectivity index (χ1v) is 11.0. The van der Waals surface area contributed by atoms with E-state index >= 15 is 0 Å². The lowest BCUT2D eigenvalue weighted by molar-refractivity contribution is -0.120. The Kier molecular flexibility index (Phi) is 7.60. The second kappa shape index (κ2) is 10.4. The van der Waals surface area contributed by atoms with Crippen molar-refractivity contribution in [2.45, 2.75) is 25.8 Å². The van der Waals surface area contributed by atoms with Crippen LogP contribution in [0.5, 0.6) is 5.75 Å². The molecule has 30 heavy (non-hydrogen) atoms. The summed E-state index contributed by atoms with van der Waals surface area (Å²) in [6, 6.07) is 16.5. The quantitative estimate of drug-likeness (QED) is 0.556. The van der Waals surface area contributed by atoms with Crippen molar-refractivity contribution in [3.63, 3.8) is 0 Å². The molecule has 158 valence electrons. The molecule has 0 aliphatic heterocycles. The van der Waals surface area contributed by atoms with E-state index in [2.05, 4.69) is 52.5 Å². The van der Waals surface area contributed by atoms with Gasteiger partial charge in [0.25, 0.3) is 0 Å². The number of hydrogen-bond donors (Lipinski definition) is 1. The minimum atomic E-state index is -0.0251. The zero-order valence-electron chi connectivity index (χ0n) is 18.0. The van der Waals surface area contributed by atoms with E-state index in [9.17, 15) is 4.79 Å². The number of aryl methyl sites for hydroxylation is 1. The van der Waals surface area contributed by atoms with Gasteiger partial charge in [0.15, 0.2) is 0 Å². The summed E-state index contributed by atoms with van der Waals surface area (Å²) >= 11 is 1.58. The predicted molar refractivity (Wildman–Crippen MR) is 123 cm³/mol. The molecule has 0 saturated carbocycles. The summed E-state index contributed by atoms with van der Waals surface area (Å²) in [6.07, 6.45) is 1.30. The number of nitrogens with zero attached hydrogens (tertiary/aromatic N) is 2. The number of carbonyl (C=O) groups excluding carboxylic acids is 1. The first-order chi connectivity index (χ1) is 14.5. The van der Waals surface area contributed by atoms with Crippen LogP contribution in [0.15, 0.2) is 53.9 Å². The molecular formula is C24H29N3O2S. The molecule has 3 aromatic rings. The molecule has 1 heterocycles. The fourth-order valence-electron chi connectivity index (χ4n) is 3.29. The SMILES string of the molecule is CCc1ccc(-c2nc(CC(=O)NCC(c3cccc(OC)c3)N(C)C)cs2)cc1. The van der Waals surface area contributed by atoms with E-state index in [1.54, 1.807) is 18.4 Å². The average Bonchev–Trinajstić information content (AvgIpc) is 3.22. The molecule has 0 saturated heterocycles. The van der Waals surface area contributed by atoms with E-state index < -0.39 is 0 Å². The lowest BCUT2D eigenvalue weighted by Gasteiger charge is -2.25. The fraction of sp³-hybridized carbons (Fsp3) is 0.333. The number of amides is 1. The highest BCUT2D eigenvalue weighted by Crippen LogP contribution is 2.25. The van der Waals surface area contributed by atoms with Crippen molar-refractivity contribution in [1.82, 2.24) is 15.2 Å². The third-order valence-corrected chi connectivity index (χ3v) is 6.04. The number of likely N-dealkylation sites (N-methyl/N-ethyl adjacent to an activating group) is 1. The van der Waals surface area contributed by atoms with Gasteiger partial charge < -0.3 is 15.0 Å². The van der Waals surface area contributed by atoms with Crippen LogP contribution in [-0.2, 0) is 17.6 Å². The zero-order chi connectivity index (χ0) is 21.5. The van der Waals surface area contributed by atoms with E-state index in [0.29, 0.717) is 6.54 Å². The lowest BCUT2D eigenvalue weighted by Crippen LogP contribution is -2.35. The number of ether oxygens (including phenoxy) is 1. The zero-order valence-corrected chi connectivity index (χ0v) is 18.8. The Balaban J connectivity index is 1.60. The normalized spacial score (nSPS) is 12.0. The maximum atomic E-state index is 12.5. The van der Waals surface area contributed by atoms with Gasteiger partial charge in [-0.15, -0.1) is 11.3 Å². The van der Waals surface area contributed by atoms with E-state index in [4.69, 9.17) is 4.74 Å². The van der Waals surface area contributed by atoms with Gasteiger partial charge in [-0.1, -0.05) is 43.3 Å². The molecule has 3 rings (SSSR count). The number of thiazole rings is 1. The standard InChI is InChI=1S/C24H29N3O2S/c1-5-17-9-11-18(12-10-17)24-26-20(16-30-24)14-23(28)25-15-22(27(2)3)19-7-6-8-21(13-19)29-4/h6-13,16,22H,5,14-15H2,1-4H3,(H,25,28). The summed E-state index contributed by atoms with van der Waals surface area (Å²) in [7, 11) is 5.67. The summed E-state index contributed by atoms with van der Waals surface area (Å²) in [5, 5.41) is 5.97. The molecule has 0 aliphatic carbocycles. The van der Waals surface area contributed by atoms with E-state index in [1.807, 2.05) is 37.7 Å². The molecule has 0 fully saturated rings. The number of aromatic nitrogens is 1. The highest BCUT2D eigenvalue weighted by Gasteiger charge is 2.17. The maximum Gasteiger partial charge on any atom is 0.226 e. The number of methoxy groups -OCH3 is 1. The molecule has 1 unspecified atom stereocenters. The molecule has 5 nitrogen and oxygen atoms in total. The molecule has 0 radical (unpaired) electrons. The summed E-state index contributed by atoms with van der Waals surface area (Å²) in [5.74, 6) is 0.788. The molecule has 1 amide bonds. The minimum Gasteiger partial charge on any atom is -0.497 e. The van der Waals surface area contributed by atoms with Crippen molar-refractivity contribution in [3.8, 4) is 16.3 Å². The number of carbonyl (C=O) groups is 1. The second-order valence-corrected chi connectivity index (χ2v) is 8.29. The highest BCUT2D eigenvalue weighted by atomic mass is 32.1. The van der Waals surface area contributed by atoms with Crippen molar-refractivity contribution in [1.29, 1.82) is 0 Å². The summed E-state index contributed by atoms with van der Waals surface area (Å²) < 4.78 is 5.33. The monoisotopic (exact) mass is 423 g/mol. The smallest absolute Gasteiger partial charge is 0.226 e. The van der Waals surface area contributed by atoms with Crippen LogP contribution < -0.4 is 10.1 Å². The van der Waals surface area contributed by atoms with E-state index in [0.717, 1.165) is 34.0 Å². The van der Waals surface area contributed by atoms with Gasteiger partial charge in [0.2, 0.25) is 5.91 Å². The fourth-order valence-corrected chi connectivity index (χ4v) is 4.11. The van der Waals surface area contributed by atoms with Crippen molar-refractivity contribution >= 4 is 17.2 Å². The molecule has 1 atom stereocenters. The number of benzene rings is 2. The van der Waals surface area contributed by atoms with Gasteiger partial charge in [0.1, 0.15) is 10.8 Å². The predicted octanol–water partition coefficient (Wildman–Crippen LogP) is 4.34. The lowest BCUT2D eigenvalue weighted by atomic mass is 10.1. The van der Waals surface area contributed by atoms with Gasteiger partial charge in [-0.05, 0) is 43.8 Å². The third-order valence-electron chi connectivity index (χ3n) is 5.10. The van der Waals surface area contributed by atoms with Crippen LogP contribution in [0.2, 0.25) is 0 Å². The Bertz CT molecular complexity index is 967. The van der Waals surface area contributed by atoms with Gasteiger partial charge in [0.05, 0.1) is 25.3 Å². The molecule has 2 aromatic carbocycles. The molecule has 0 aliphatic rings. The van der Waals surface area contributed by atoms with Crippen LogP contribution in [0.4, 0.5) is 0 Å². The molecular weight excluding hydrogens is 394 g/mol. The van der Waals surface area contributed by atoms with Crippen molar-refractivity contribution in [2.75, 3.05) is 27.7 Å². The molecule has 1 N–H and O–H groups in total. The molecule has 0 bridgehead atoms. The van der Waals surface area contributed by atoms with E-state index in [1.165, 1.54) is 5.56 Å². The minimum absolute atomic E-state index is 0.0251. The van der Waals surface area contributed by atoms with Crippen molar-refractivity contribution < 1.29 is 9.53 Å². The number of hydrogen-bond acceptors (Lipinski definition) is 5. The second-order valence-electron chi connectivity index (χ2n) is 7.43. The Morgan fingerprint density at radius 1 is 1.20 bits per heavy atom. The first kappa shape index (κ1) is 22.0. The summed E-state index contributed by atoms with van der Waals surface area (Å²) in [4.78, 5) is 19.3. The van der Waals surface area contributed by atoms with Crippen LogP contribution in [0.25, 0.3) is 10.6 Å². The third kappa shape index (κ3) is 5.68. The Morgan fingerprint density at radius 3 is 2.63 bits per heavy atom. The molecule has 1 aromatic heterocycles.